The average molecular weight is 550 g/mol. The fourth-order valence-corrected chi connectivity index (χ4v) is 5.39. The van der Waals surface area contributed by atoms with Gasteiger partial charge in [-0.3, -0.25) is 29.8 Å². The van der Waals surface area contributed by atoms with Crippen LogP contribution in [0.1, 0.15) is 28.4 Å². The minimum Gasteiger partial charge on any atom is -0.368 e. The van der Waals surface area contributed by atoms with Crippen LogP contribution in [0.5, 0.6) is 0 Å². The molecule has 1 N–H and O–H groups in total. The van der Waals surface area contributed by atoms with Gasteiger partial charge in [-0.1, -0.05) is 35.9 Å². The average Bonchev–Trinajstić information content (AvgIpc) is 2.94. The van der Waals surface area contributed by atoms with E-state index >= 15 is 0 Å². The van der Waals surface area contributed by atoms with Gasteiger partial charge in [0.25, 0.3) is 11.4 Å². The Bertz CT molecular complexity index is 1510. The highest BCUT2D eigenvalue weighted by Gasteiger charge is 2.52. The van der Waals surface area contributed by atoms with Crippen molar-refractivity contribution in [3.63, 3.8) is 0 Å². The number of nitrogens with zero attached hydrogens (tertiary/aromatic N) is 4. The maximum atomic E-state index is 14.3. The van der Waals surface area contributed by atoms with Crippen LogP contribution in [0.15, 0.2) is 60.7 Å². The number of non-ortho nitro benzene ring substituents is 2. The molecular formula is C27H24ClN5O6. The van der Waals surface area contributed by atoms with E-state index in [1.165, 1.54) is 54.3 Å². The number of rotatable bonds is 6. The van der Waals surface area contributed by atoms with Crippen molar-refractivity contribution in [2.75, 3.05) is 36.0 Å². The van der Waals surface area contributed by atoms with Gasteiger partial charge in [-0.15, -0.1) is 0 Å². The highest BCUT2D eigenvalue weighted by molar-refractivity contribution is 6.34. The molecule has 1 fully saturated rings. The lowest BCUT2D eigenvalue weighted by Crippen LogP contribution is -2.55. The molecule has 5 rings (SSSR count). The zero-order valence-electron chi connectivity index (χ0n) is 20.9. The van der Waals surface area contributed by atoms with Gasteiger partial charge in [-0.05, 0) is 30.2 Å². The van der Waals surface area contributed by atoms with Crippen LogP contribution in [0.25, 0.3) is 0 Å². The molecule has 39 heavy (non-hydrogen) atoms. The molecule has 1 unspecified atom stereocenters. The standard InChI is InChI=1S/C27H24ClN5O6/c1-27(18-5-7-20(8-6-18)32(36)37)25(34)24-22(30-11-9-29-10-12-30)14-19(28)15-23(24)31(26(27)35)16-17-3-2-4-21(13-17)33(38)39/h2-8,13-15,29H,9-12,16H2,1H3. The van der Waals surface area contributed by atoms with E-state index in [2.05, 4.69) is 5.32 Å². The van der Waals surface area contributed by atoms with Gasteiger partial charge in [-0.2, -0.15) is 0 Å². The number of hydrogen-bond acceptors (Lipinski definition) is 8. The van der Waals surface area contributed by atoms with Gasteiger partial charge in [0.1, 0.15) is 5.41 Å². The van der Waals surface area contributed by atoms with Gasteiger partial charge in [-0.25, -0.2) is 0 Å². The van der Waals surface area contributed by atoms with Crippen molar-refractivity contribution in [1.29, 1.82) is 0 Å². The quantitative estimate of drug-likeness (QED) is 0.273. The molecule has 1 saturated heterocycles. The summed E-state index contributed by atoms with van der Waals surface area (Å²) in [5, 5.41) is 26.2. The second-order valence-corrected chi connectivity index (χ2v) is 10.1. The SMILES string of the molecule is CC1(c2ccc([N+](=O)[O-])cc2)C(=O)c2c(N3CCNCC3)cc(Cl)cc2N(Cc2cccc([N+](=O)[O-])c2)C1=O. The number of benzene rings is 3. The number of anilines is 2. The lowest BCUT2D eigenvalue weighted by Gasteiger charge is -2.42. The second kappa shape index (κ2) is 10.1. The van der Waals surface area contributed by atoms with Crippen LogP contribution in [0, 0.1) is 20.2 Å². The number of amides is 1. The van der Waals surface area contributed by atoms with Crippen LogP contribution in [-0.4, -0.2) is 47.7 Å². The molecule has 3 aromatic carbocycles. The number of carbonyl (C=O) groups excluding carboxylic acids is 2. The number of ketones is 1. The van der Waals surface area contributed by atoms with E-state index < -0.39 is 27.0 Å². The largest absolute Gasteiger partial charge is 0.368 e. The lowest BCUT2D eigenvalue weighted by atomic mass is 9.71. The molecule has 0 spiro atoms. The third-order valence-corrected chi connectivity index (χ3v) is 7.50. The van der Waals surface area contributed by atoms with Crippen molar-refractivity contribution in [2.24, 2.45) is 0 Å². The minimum absolute atomic E-state index is 0.0509. The summed E-state index contributed by atoms with van der Waals surface area (Å²) in [5.41, 5.74) is 0.0167. The molecule has 2 heterocycles. The summed E-state index contributed by atoms with van der Waals surface area (Å²) in [6.07, 6.45) is 0. The molecule has 0 bridgehead atoms. The first-order valence-electron chi connectivity index (χ1n) is 12.3. The molecule has 1 amide bonds. The Labute approximate surface area is 228 Å². The fourth-order valence-electron chi connectivity index (χ4n) is 5.18. The van der Waals surface area contributed by atoms with E-state index in [-0.39, 0.29) is 17.9 Å². The normalized spacial score (nSPS) is 19.1. The van der Waals surface area contributed by atoms with Crippen molar-refractivity contribution in [3.8, 4) is 0 Å². The van der Waals surface area contributed by atoms with Crippen molar-refractivity contribution in [2.45, 2.75) is 18.9 Å². The van der Waals surface area contributed by atoms with Gasteiger partial charge in [0.15, 0.2) is 5.78 Å². The molecule has 11 nitrogen and oxygen atoms in total. The minimum atomic E-state index is -1.71. The number of nitro groups is 2. The number of Topliss-reactive ketones (excluding diaryl/α,β-unsaturated/α-hetero) is 1. The highest BCUT2D eigenvalue weighted by Crippen LogP contribution is 2.46. The Balaban J connectivity index is 1.70. The molecule has 0 radical (unpaired) electrons. The number of hydrogen-bond donors (Lipinski definition) is 1. The molecule has 1 atom stereocenters. The Morgan fingerprint density at radius 3 is 2.21 bits per heavy atom. The van der Waals surface area contributed by atoms with Crippen molar-refractivity contribution >= 4 is 46.0 Å². The number of nitro benzene ring substituents is 2. The summed E-state index contributed by atoms with van der Waals surface area (Å²) in [5.74, 6) is -1.01. The first kappa shape index (κ1) is 26.3. The molecule has 2 aliphatic rings. The Morgan fingerprint density at radius 1 is 0.923 bits per heavy atom. The Kier molecular flexibility index (Phi) is 6.79. The van der Waals surface area contributed by atoms with Crippen LogP contribution in [0.2, 0.25) is 5.02 Å². The zero-order valence-corrected chi connectivity index (χ0v) is 21.7. The third kappa shape index (κ3) is 4.59. The van der Waals surface area contributed by atoms with Crippen LogP contribution in [0.3, 0.4) is 0 Å². The van der Waals surface area contributed by atoms with Crippen LogP contribution in [0.4, 0.5) is 22.7 Å². The molecule has 3 aromatic rings. The maximum absolute atomic E-state index is 14.3. The Morgan fingerprint density at radius 2 is 1.56 bits per heavy atom. The number of nitrogens with one attached hydrogen (secondary N) is 1. The molecule has 0 aromatic heterocycles. The second-order valence-electron chi connectivity index (χ2n) is 9.63. The van der Waals surface area contributed by atoms with Gasteiger partial charge in [0.05, 0.1) is 33.3 Å². The molecule has 0 saturated carbocycles. The monoisotopic (exact) mass is 549 g/mol. The van der Waals surface area contributed by atoms with Gasteiger partial charge in [0.2, 0.25) is 5.91 Å². The summed E-state index contributed by atoms with van der Waals surface area (Å²) in [7, 11) is 0. The van der Waals surface area contributed by atoms with Crippen LogP contribution >= 0.6 is 11.6 Å². The number of fused-ring (bicyclic) bond motifs is 1. The fraction of sp³-hybridized carbons (Fsp3) is 0.259. The maximum Gasteiger partial charge on any atom is 0.269 e. The van der Waals surface area contributed by atoms with E-state index in [4.69, 9.17) is 11.6 Å². The van der Waals surface area contributed by atoms with Gasteiger partial charge >= 0.3 is 0 Å². The predicted molar refractivity (Wildman–Crippen MR) is 146 cm³/mol. The van der Waals surface area contributed by atoms with Crippen molar-refractivity contribution in [3.05, 3.63) is 103 Å². The molecule has 200 valence electrons. The summed E-state index contributed by atoms with van der Waals surface area (Å²) in [6.45, 7) is 4.10. The van der Waals surface area contributed by atoms with Crippen LogP contribution < -0.4 is 15.1 Å². The van der Waals surface area contributed by atoms with E-state index in [0.717, 1.165) is 0 Å². The first-order chi connectivity index (χ1) is 18.6. The molecule has 0 aliphatic carbocycles. The number of piperazine rings is 1. The summed E-state index contributed by atoms with van der Waals surface area (Å²) >= 11 is 6.52. The van der Waals surface area contributed by atoms with E-state index in [1.54, 1.807) is 18.2 Å². The Hall–Kier alpha value is -4.35. The van der Waals surface area contributed by atoms with E-state index in [0.29, 0.717) is 59.3 Å². The van der Waals surface area contributed by atoms with Crippen molar-refractivity contribution in [1.82, 2.24) is 5.32 Å². The van der Waals surface area contributed by atoms with Crippen LogP contribution in [-0.2, 0) is 16.8 Å². The molecule has 2 aliphatic heterocycles. The number of carbonyl (C=O) groups is 2. The van der Waals surface area contributed by atoms with E-state index in [1.807, 2.05) is 4.90 Å². The topological polar surface area (TPSA) is 139 Å². The van der Waals surface area contributed by atoms with E-state index in [9.17, 15) is 29.8 Å². The third-order valence-electron chi connectivity index (χ3n) is 7.28. The summed E-state index contributed by atoms with van der Waals surface area (Å²) in [6, 6.07) is 14.6. The number of halogens is 1. The molecular weight excluding hydrogens is 526 g/mol. The zero-order chi connectivity index (χ0) is 27.9. The van der Waals surface area contributed by atoms with Gasteiger partial charge < -0.3 is 15.1 Å². The summed E-state index contributed by atoms with van der Waals surface area (Å²) < 4.78 is 0. The van der Waals surface area contributed by atoms with Crippen molar-refractivity contribution < 1.29 is 19.4 Å². The highest BCUT2D eigenvalue weighted by atomic mass is 35.5. The van der Waals surface area contributed by atoms with Gasteiger partial charge in [0, 0.05) is 55.5 Å². The lowest BCUT2D eigenvalue weighted by molar-refractivity contribution is -0.385. The smallest absolute Gasteiger partial charge is 0.269 e. The predicted octanol–water partition coefficient (Wildman–Crippen LogP) is 4.25. The molecule has 12 heteroatoms. The summed E-state index contributed by atoms with van der Waals surface area (Å²) in [4.78, 5) is 53.6. The first-order valence-corrected chi connectivity index (χ1v) is 12.6.